The largest absolute Gasteiger partial charge is 0.384 e. The topological polar surface area (TPSA) is 56.7 Å². The number of aromatic nitrogens is 3. The number of thiazole rings is 1. The predicted molar refractivity (Wildman–Crippen MR) is 62.8 cm³/mol. The summed E-state index contributed by atoms with van der Waals surface area (Å²) in [6.45, 7) is 4.27. The molecular weight excluding hydrogens is 208 g/mol. The van der Waals surface area contributed by atoms with Gasteiger partial charge in [-0.2, -0.15) is 5.10 Å². The fraction of sp³-hybridized carbons (Fsp3) is 0.400. The summed E-state index contributed by atoms with van der Waals surface area (Å²) < 4.78 is 1.67. The van der Waals surface area contributed by atoms with Gasteiger partial charge in [0.2, 0.25) is 0 Å². The van der Waals surface area contributed by atoms with Gasteiger partial charge in [0.25, 0.3) is 0 Å². The molecule has 0 saturated heterocycles. The molecule has 4 nitrogen and oxygen atoms in total. The van der Waals surface area contributed by atoms with Gasteiger partial charge in [-0.15, -0.1) is 11.3 Å². The average Bonchev–Trinajstić information content (AvgIpc) is 2.74. The van der Waals surface area contributed by atoms with E-state index in [0.29, 0.717) is 11.7 Å². The first-order chi connectivity index (χ1) is 7.08. The van der Waals surface area contributed by atoms with Crippen LogP contribution in [0.1, 0.15) is 24.8 Å². The molecule has 2 heterocycles. The molecule has 80 valence electrons. The van der Waals surface area contributed by atoms with Crippen molar-refractivity contribution in [2.45, 2.75) is 19.8 Å². The molecule has 0 radical (unpaired) electrons. The summed E-state index contributed by atoms with van der Waals surface area (Å²) in [5.41, 5.74) is 6.63. The maximum Gasteiger partial charge on any atom is 0.121 e. The average molecular weight is 222 g/mol. The van der Waals surface area contributed by atoms with Crippen LogP contribution in [0.5, 0.6) is 0 Å². The van der Waals surface area contributed by atoms with E-state index in [2.05, 4.69) is 23.9 Å². The standard InChI is InChI=1S/C10H14N4S/c1-6(2)10-12-5-8(15-10)7-4-9(11)14(3)13-7/h4-6H,11H2,1-3H3. The number of nitrogens with two attached hydrogens (primary N) is 1. The maximum atomic E-state index is 5.73. The van der Waals surface area contributed by atoms with E-state index >= 15 is 0 Å². The molecule has 0 unspecified atom stereocenters. The van der Waals surface area contributed by atoms with Crippen LogP contribution in [0.2, 0.25) is 0 Å². The molecule has 0 aliphatic rings. The van der Waals surface area contributed by atoms with Crippen LogP contribution in [0, 0.1) is 0 Å². The molecular formula is C10H14N4S. The van der Waals surface area contributed by atoms with Crippen LogP contribution in [0.15, 0.2) is 12.3 Å². The van der Waals surface area contributed by atoms with Crippen molar-refractivity contribution >= 4 is 17.2 Å². The second kappa shape index (κ2) is 3.66. The van der Waals surface area contributed by atoms with Gasteiger partial charge in [-0.1, -0.05) is 13.8 Å². The summed E-state index contributed by atoms with van der Waals surface area (Å²) in [7, 11) is 1.84. The number of hydrogen-bond acceptors (Lipinski definition) is 4. The van der Waals surface area contributed by atoms with Crippen molar-refractivity contribution in [3.63, 3.8) is 0 Å². The van der Waals surface area contributed by atoms with E-state index in [9.17, 15) is 0 Å². The molecule has 0 aliphatic carbocycles. The van der Waals surface area contributed by atoms with Crippen LogP contribution in [0.25, 0.3) is 10.6 Å². The number of hydrogen-bond donors (Lipinski definition) is 1. The zero-order chi connectivity index (χ0) is 11.0. The number of rotatable bonds is 2. The molecule has 0 aromatic carbocycles. The van der Waals surface area contributed by atoms with Crippen molar-refractivity contribution < 1.29 is 0 Å². The smallest absolute Gasteiger partial charge is 0.121 e. The van der Waals surface area contributed by atoms with Crippen molar-refractivity contribution in [1.82, 2.24) is 14.8 Å². The Balaban J connectivity index is 2.37. The van der Waals surface area contributed by atoms with Crippen molar-refractivity contribution in [3.8, 4) is 10.6 Å². The second-order valence-electron chi connectivity index (χ2n) is 3.80. The highest BCUT2D eigenvalue weighted by Gasteiger charge is 2.10. The van der Waals surface area contributed by atoms with E-state index in [-0.39, 0.29) is 0 Å². The summed E-state index contributed by atoms with van der Waals surface area (Å²) in [6.07, 6.45) is 1.86. The minimum absolute atomic E-state index is 0.463. The SMILES string of the molecule is CC(C)c1ncc(-c2cc(N)n(C)n2)s1. The highest BCUT2D eigenvalue weighted by atomic mass is 32.1. The summed E-state index contributed by atoms with van der Waals surface area (Å²) in [6, 6.07) is 1.87. The number of anilines is 1. The fourth-order valence-electron chi connectivity index (χ4n) is 1.28. The fourth-order valence-corrected chi connectivity index (χ4v) is 2.15. The van der Waals surface area contributed by atoms with E-state index in [4.69, 9.17) is 5.73 Å². The van der Waals surface area contributed by atoms with E-state index < -0.39 is 0 Å². The van der Waals surface area contributed by atoms with Crippen LogP contribution >= 0.6 is 11.3 Å². The monoisotopic (exact) mass is 222 g/mol. The van der Waals surface area contributed by atoms with Gasteiger partial charge in [0, 0.05) is 25.2 Å². The Hall–Kier alpha value is -1.36. The van der Waals surface area contributed by atoms with Crippen molar-refractivity contribution in [1.29, 1.82) is 0 Å². The number of aryl methyl sites for hydroxylation is 1. The summed E-state index contributed by atoms with van der Waals surface area (Å²) in [5, 5.41) is 5.45. The first kappa shape index (κ1) is 10.2. The lowest BCUT2D eigenvalue weighted by Gasteiger charge is -1.95. The Labute approximate surface area is 92.8 Å². The van der Waals surface area contributed by atoms with Crippen molar-refractivity contribution in [3.05, 3.63) is 17.3 Å². The third-order valence-corrected chi connectivity index (χ3v) is 3.51. The van der Waals surface area contributed by atoms with E-state index in [1.54, 1.807) is 16.0 Å². The van der Waals surface area contributed by atoms with Gasteiger partial charge in [-0.3, -0.25) is 4.68 Å². The third-order valence-electron chi connectivity index (χ3n) is 2.19. The first-order valence-electron chi connectivity index (χ1n) is 4.83. The van der Waals surface area contributed by atoms with Crippen LogP contribution < -0.4 is 5.73 Å². The molecule has 0 bridgehead atoms. The predicted octanol–water partition coefficient (Wildman–Crippen LogP) is 2.25. The highest BCUT2D eigenvalue weighted by molar-refractivity contribution is 7.15. The Morgan fingerprint density at radius 1 is 1.47 bits per heavy atom. The van der Waals surface area contributed by atoms with E-state index in [1.165, 1.54) is 0 Å². The highest BCUT2D eigenvalue weighted by Crippen LogP contribution is 2.29. The summed E-state index contributed by atoms with van der Waals surface area (Å²) in [5.74, 6) is 1.13. The molecule has 2 aromatic rings. The molecule has 0 saturated carbocycles. The minimum Gasteiger partial charge on any atom is -0.384 e. The van der Waals surface area contributed by atoms with Crippen LogP contribution in [0.3, 0.4) is 0 Å². The molecule has 2 rings (SSSR count). The molecule has 15 heavy (non-hydrogen) atoms. The van der Waals surface area contributed by atoms with E-state index in [1.807, 2.05) is 19.3 Å². The second-order valence-corrected chi connectivity index (χ2v) is 4.86. The normalized spacial score (nSPS) is 11.2. The molecule has 2 aromatic heterocycles. The number of nitrogen functional groups attached to an aromatic ring is 1. The minimum atomic E-state index is 0.463. The molecule has 0 spiro atoms. The molecule has 5 heteroatoms. The van der Waals surface area contributed by atoms with Gasteiger partial charge in [0.15, 0.2) is 0 Å². The lowest BCUT2D eigenvalue weighted by atomic mass is 10.2. The van der Waals surface area contributed by atoms with Crippen LogP contribution in [-0.2, 0) is 7.05 Å². The number of nitrogens with zero attached hydrogens (tertiary/aromatic N) is 3. The van der Waals surface area contributed by atoms with Crippen molar-refractivity contribution in [2.24, 2.45) is 7.05 Å². The van der Waals surface area contributed by atoms with Crippen LogP contribution in [-0.4, -0.2) is 14.8 Å². The Kier molecular flexibility index (Phi) is 2.48. The maximum absolute atomic E-state index is 5.73. The van der Waals surface area contributed by atoms with Gasteiger partial charge in [0.05, 0.1) is 9.88 Å². The lowest BCUT2D eigenvalue weighted by molar-refractivity contribution is 0.783. The van der Waals surface area contributed by atoms with Gasteiger partial charge in [0.1, 0.15) is 11.5 Å². The molecule has 2 N–H and O–H groups in total. The first-order valence-corrected chi connectivity index (χ1v) is 5.65. The van der Waals surface area contributed by atoms with Gasteiger partial charge >= 0.3 is 0 Å². The Morgan fingerprint density at radius 3 is 2.67 bits per heavy atom. The third kappa shape index (κ3) is 1.87. The quantitative estimate of drug-likeness (QED) is 0.847. The molecule has 0 amide bonds. The van der Waals surface area contributed by atoms with Gasteiger partial charge < -0.3 is 5.73 Å². The Bertz CT molecular complexity index is 450. The van der Waals surface area contributed by atoms with Gasteiger partial charge in [-0.25, -0.2) is 4.98 Å². The molecule has 0 atom stereocenters. The molecule has 0 fully saturated rings. The van der Waals surface area contributed by atoms with Crippen LogP contribution in [0.4, 0.5) is 5.82 Å². The summed E-state index contributed by atoms with van der Waals surface area (Å²) in [4.78, 5) is 5.43. The van der Waals surface area contributed by atoms with Gasteiger partial charge in [-0.05, 0) is 0 Å². The zero-order valence-corrected chi connectivity index (χ0v) is 9.88. The summed E-state index contributed by atoms with van der Waals surface area (Å²) >= 11 is 1.67. The van der Waals surface area contributed by atoms with E-state index in [0.717, 1.165) is 15.6 Å². The lowest BCUT2D eigenvalue weighted by Crippen LogP contribution is -1.96. The van der Waals surface area contributed by atoms with Crippen molar-refractivity contribution in [2.75, 3.05) is 5.73 Å². The zero-order valence-electron chi connectivity index (χ0n) is 9.06. The Morgan fingerprint density at radius 2 is 2.20 bits per heavy atom. The molecule has 0 aliphatic heterocycles.